The predicted molar refractivity (Wildman–Crippen MR) is 143 cm³/mol. The van der Waals surface area contributed by atoms with E-state index in [9.17, 15) is 14.4 Å². The third-order valence-corrected chi connectivity index (χ3v) is 7.57. The monoisotopic (exact) mass is 533 g/mol. The second-order valence-electron chi connectivity index (χ2n) is 10.1. The highest BCUT2D eigenvalue weighted by atomic mass is 16.6. The van der Waals surface area contributed by atoms with Crippen LogP contribution in [-0.4, -0.2) is 65.9 Å². The number of aromatic nitrogens is 2. The van der Waals surface area contributed by atoms with Crippen LogP contribution < -0.4 is 31.0 Å². The molecule has 4 heterocycles. The van der Waals surface area contributed by atoms with Crippen molar-refractivity contribution < 1.29 is 23.8 Å². The van der Waals surface area contributed by atoms with Gasteiger partial charge in [0.2, 0.25) is 0 Å². The first-order valence-corrected chi connectivity index (χ1v) is 13.3. The quantitative estimate of drug-likeness (QED) is 0.444. The third-order valence-electron chi connectivity index (χ3n) is 7.57. The number of fused-ring (bicyclic) bond motifs is 3. The molecule has 11 heteroatoms. The van der Waals surface area contributed by atoms with E-state index in [-0.39, 0.29) is 42.6 Å². The van der Waals surface area contributed by atoms with Crippen LogP contribution in [0.25, 0.3) is 10.9 Å². The molecule has 3 atom stereocenters. The van der Waals surface area contributed by atoms with E-state index in [1.165, 1.54) is 0 Å². The summed E-state index contributed by atoms with van der Waals surface area (Å²) < 4.78 is 18.6. The number of rotatable bonds is 8. The minimum Gasteiger partial charge on any atom is -0.492 e. The Balaban J connectivity index is 1.10. The van der Waals surface area contributed by atoms with Crippen molar-refractivity contribution in [2.75, 3.05) is 31.2 Å². The topological polar surface area (TPSA) is 138 Å². The van der Waals surface area contributed by atoms with E-state index < -0.39 is 6.09 Å². The van der Waals surface area contributed by atoms with Crippen molar-refractivity contribution >= 4 is 28.6 Å². The molecule has 1 amide bonds. The maximum Gasteiger partial charge on any atom is 0.416 e. The summed E-state index contributed by atoms with van der Waals surface area (Å²) in [5.41, 5.74) is 6.84. The summed E-state index contributed by atoms with van der Waals surface area (Å²) in [5.74, 6) is 1.71. The van der Waals surface area contributed by atoms with Crippen LogP contribution in [0.2, 0.25) is 0 Å². The molecule has 2 fully saturated rings. The fourth-order valence-electron chi connectivity index (χ4n) is 5.72. The standard InChI is InChI=1S/C28H31N5O6/c29-9-12-37-20-4-1-17-2-8-27(35)32(23(17)15-20)11-10-30-18-3-5-22-25(13-18)39-28(36)33(22)26-7-6-24-21(31-26)14-19(34)16-38-24/h1-2,4,6-8,15,18,22,25,30H,3,5,9-14,16,29H2/t18-,22-,25-/m0/s1. The van der Waals surface area contributed by atoms with Gasteiger partial charge < -0.3 is 29.8 Å². The van der Waals surface area contributed by atoms with Gasteiger partial charge in [-0.1, -0.05) is 0 Å². The minimum atomic E-state index is -0.420. The van der Waals surface area contributed by atoms with E-state index in [0.717, 1.165) is 23.7 Å². The van der Waals surface area contributed by atoms with Crippen LogP contribution in [0.1, 0.15) is 25.0 Å². The van der Waals surface area contributed by atoms with Gasteiger partial charge >= 0.3 is 6.09 Å². The molecule has 1 saturated carbocycles. The van der Waals surface area contributed by atoms with Crippen LogP contribution in [0.15, 0.2) is 47.3 Å². The lowest BCUT2D eigenvalue weighted by Gasteiger charge is -2.33. The average Bonchev–Trinajstić information content (AvgIpc) is 3.27. The summed E-state index contributed by atoms with van der Waals surface area (Å²) >= 11 is 0. The number of pyridine rings is 2. The van der Waals surface area contributed by atoms with Crippen LogP contribution in [0.4, 0.5) is 10.6 Å². The zero-order valence-electron chi connectivity index (χ0n) is 21.5. The molecule has 2 aliphatic heterocycles. The molecule has 0 radical (unpaired) electrons. The summed E-state index contributed by atoms with van der Waals surface area (Å²) in [4.78, 5) is 43.5. The smallest absolute Gasteiger partial charge is 0.416 e. The van der Waals surface area contributed by atoms with Crippen LogP contribution in [0.3, 0.4) is 0 Å². The normalized spacial score (nSPS) is 22.3. The Morgan fingerprint density at radius 1 is 1.10 bits per heavy atom. The van der Waals surface area contributed by atoms with E-state index in [4.69, 9.17) is 19.9 Å². The van der Waals surface area contributed by atoms with Gasteiger partial charge in [-0.05, 0) is 48.6 Å². The van der Waals surface area contributed by atoms with Gasteiger partial charge in [-0.25, -0.2) is 9.78 Å². The average molecular weight is 534 g/mol. The molecule has 3 N–H and O–H groups in total. The van der Waals surface area contributed by atoms with E-state index in [0.29, 0.717) is 55.7 Å². The summed E-state index contributed by atoms with van der Waals surface area (Å²) in [7, 11) is 0. The van der Waals surface area contributed by atoms with E-state index in [1.54, 1.807) is 27.7 Å². The Hall–Kier alpha value is -3.96. The molecular formula is C28H31N5O6. The highest BCUT2D eigenvalue weighted by molar-refractivity contribution is 5.90. The third kappa shape index (κ3) is 5.07. The molecule has 204 valence electrons. The fraction of sp³-hybridized carbons (Fsp3) is 0.429. The number of carbonyl (C=O) groups is 2. The maximum absolute atomic E-state index is 12.8. The van der Waals surface area contributed by atoms with Gasteiger partial charge in [0.05, 0.1) is 23.7 Å². The number of hydrogen-bond donors (Lipinski definition) is 2. The molecule has 0 unspecified atom stereocenters. The number of Topliss-reactive ketones (excluding diaryl/α,β-unsaturated/α-hetero) is 1. The molecule has 1 aromatic carbocycles. The molecule has 11 nitrogen and oxygen atoms in total. The summed E-state index contributed by atoms with van der Waals surface area (Å²) in [6, 6.07) is 12.6. The Bertz CT molecular complexity index is 1470. The number of hydrogen-bond acceptors (Lipinski definition) is 9. The van der Waals surface area contributed by atoms with Crippen molar-refractivity contribution in [1.29, 1.82) is 0 Å². The number of carbonyl (C=O) groups excluding carboxylic acids is 2. The predicted octanol–water partition coefficient (Wildman–Crippen LogP) is 1.77. The summed E-state index contributed by atoms with van der Waals surface area (Å²) in [6.07, 6.45) is 1.79. The minimum absolute atomic E-state index is 0.0354. The van der Waals surface area contributed by atoms with E-state index >= 15 is 0 Å². The van der Waals surface area contributed by atoms with Crippen molar-refractivity contribution in [2.24, 2.45) is 5.73 Å². The molecule has 1 aliphatic carbocycles. The van der Waals surface area contributed by atoms with Crippen LogP contribution in [0.5, 0.6) is 11.5 Å². The number of nitrogens with one attached hydrogen (secondary N) is 1. The SMILES string of the molecule is NCCOc1ccc2ccc(=O)n(CCN[C@H]3CC[C@H]4[C@H](C3)OC(=O)N4c3ccc4c(n3)CC(=O)CO4)c2c1. The number of ketones is 1. The molecule has 3 aliphatic rings. The van der Waals surface area contributed by atoms with E-state index in [1.807, 2.05) is 24.3 Å². The summed E-state index contributed by atoms with van der Waals surface area (Å²) in [5, 5.41) is 4.51. The van der Waals surface area contributed by atoms with Crippen LogP contribution >= 0.6 is 0 Å². The molecule has 39 heavy (non-hydrogen) atoms. The van der Waals surface area contributed by atoms with Crippen molar-refractivity contribution in [1.82, 2.24) is 14.9 Å². The van der Waals surface area contributed by atoms with Crippen molar-refractivity contribution in [3.05, 3.63) is 58.5 Å². The highest BCUT2D eigenvalue weighted by Crippen LogP contribution is 2.36. The lowest BCUT2D eigenvalue weighted by molar-refractivity contribution is -0.121. The molecule has 3 aromatic rings. The van der Waals surface area contributed by atoms with E-state index in [2.05, 4.69) is 10.3 Å². The Kier molecular flexibility index (Phi) is 6.92. The zero-order valence-corrected chi connectivity index (χ0v) is 21.5. The number of ether oxygens (including phenoxy) is 3. The first kappa shape index (κ1) is 25.3. The van der Waals surface area contributed by atoms with Gasteiger partial charge in [-0.15, -0.1) is 0 Å². The van der Waals surface area contributed by atoms with Gasteiger partial charge in [0.25, 0.3) is 5.56 Å². The Morgan fingerprint density at radius 2 is 1.97 bits per heavy atom. The number of anilines is 1. The number of amides is 1. The second-order valence-corrected chi connectivity index (χ2v) is 10.1. The van der Waals surface area contributed by atoms with Crippen molar-refractivity contribution in [3.63, 3.8) is 0 Å². The lowest BCUT2D eigenvalue weighted by atomic mass is 9.88. The molecular weight excluding hydrogens is 502 g/mol. The largest absolute Gasteiger partial charge is 0.492 e. The molecule has 0 bridgehead atoms. The van der Waals surface area contributed by atoms with Gasteiger partial charge in [0.15, 0.2) is 5.78 Å². The lowest BCUT2D eigenvalue weighted by Crippen LogP contribution is -2.46. The van der Waals surface area contributed by atoms with Crippen LogP contribution in [0, 0.1) is 0 Å². The molecule has 1 saturated heterocycles. The number of nitrogens with two attached hydrogens (primary N) is 1. The molecule has 0 spiro atoms. The van der Waals surface area contributed by atoms with Crippen LogP contribution in [-0.2, 0) is 22.5 Å². The number of benzene rings is 1. The van der Waals surface area contributed by atoms with Gasteiger partial charge in [-0.2, -0.15) is 0 Å². The second kappa shape index (κ2) is 10.7. The number of nitrogens with zero attached hydrogens (tertiary/aromatic N) is 3. The summed E-state index contributed by atoms with van der Waals surface area (Å²) in [6.45, 7) is 1.96. The fourth-order valence-corrected chi connectivity index (χ4v) is 5.72. The van der Waals surface area contributed by atoms with Gasteiger partial charge in [0.1, 0.15) is 36.6 Å². The first-order chi connectivity index (χ1) is 19.0. The molecule has 2 aromatic heterocycles. The van der Waals surface area contributed by atoms with Gasteiger partial charge in [0, 0.05) is 44.2 Å². The van der Waals surface area contributed by atoms with Crippen molar-refractivity contribution in [2.45, 2.75) is 50.4 Å². The Labute approximate surface area is 224 Å². The maximum atomic E-state index is 12.8. The van der Waals surface area contributed by atoms with Crippen molar-refractivity contribution in [3.8, 4) is 11.5 Å². The highest BCUT2D eigenvalue weighted by Gasteiger charge is 2.46. The molecule has 6 rings (SSSR count). The van der Waals surface area contributed by atoms with Gasteiger partial charge in [-0.3, -0.25) is 14.5 Å². The zero-order chi connectivity index (χ0) is 26.9. The first-order valence-electron chi connectivity index (χ1n) is 13.3. The Morgan fingerprint density at radius 3 is 2.85 bits per heavy atom.